The average Bonchev–Trinajstić information content (AvgIpc) is 2.73. The molecule has 142 valence electrons. The van der Waals surface area contributed by atoms with Crippen LogP contribution in [0, 0.1) is 5.92 Å². The normalized spacial score (nSPS) is 17.2. The van der Waals surface area contributed by atoms with E-state index in [2.05, 4.69) is 4.90 Å². The van der Waals surface area contributed by atoms with E-state index >= 15 is 0 Å². The lowest BCUT2D eigenvalue weighted by Gasteiger charge is -2.33. The van der Waals surface area contributed by atoms with Crippen molar-refractivity contribution in [2.45, 2.75) is 12.8 Å². The number of hydrogen-bond acceptors (Lipinski definition) is 4. The summed E-state index contributed by atoms with van der Waals surface area (Å²) in [6.45, 7) is 3.82. The van der Waals surface area contributed by atoms with E-state index in [0.717, 1.165) is 55.2 Å². The van der Waals surface area contributed by atoms with Crippen LogP contribution in [0.25, 0.3) is 0 Å². The van der Waals surface area contributed by atoms with E-state index in [1.165, 1.54) is 0 Å². The zero-order valence-corrected chi connectivity index (χ0v) is 15.8. The van der Waals surface area contributed by atoms with Gasteiger partial charge in [0.2, 0.25) is 0 Å². The summed E-state index contributed by atoms with van der Waals surface area (Å²) in [7, 11) is 2.04. The number of carbonyl (C=O) groups excluding carboxylic acids is 1. The van der Waals surface area contributed by atoms with Gasteiger partial charge in [0.15, 0.2) is 0 Å². The molecule has 1 saturated heterocycles. The number of hydrogen-bond donors (Lipinski definition) is 0. The van der Waals surface area contributed by atoms with Gasteiger partial charge in [-0.05, 0) is 49.1 Å². The van der Waals surface area contributed by atoms with Crippen molar-refractivity contribution in [3.8, 4) is 11.5 Å². The number of para-hydroxylation sites is 1. The predicted molar refractivity (Wildman–Crippen MR) is 106 cm³/mol. The minimum absolute atomic E-state index is 0.110. The fourth-order valence-electron chi connectivity index (χ4n) is 3.70. The first-order valence-electron chi connectivity index (χ1n) is 9.66. The van der Waals surface area contributed by atoms with Crippen LogP contribution in [0.2, 0.25) is 0 Å². The van der Waals surface area contributed by atoms with Gasteiger partial charge in [-0.15, -0.1) is 0 Å². The minimum Gasteiger partial charge on any atom is -0.493 e. The molecular formula is C22H26N2O3. The third-order valence-electron chi connectivity index (χ3n) is 5.43. The van der Waals surface area contributed by atoms with E-state index in [1.54, 1.807) is 0 Å². The Bertz CT molecular complexity index is 785. The first-order chi connectivity index (χ1) is 13.2. The molecule has 0 N–H and O–H groups in total. The summed E-state index contributed by atoms with van der Waals surface area (Å²) in [5.74, 6) is 2.38. The second-order valence-electron chi connectivity index (χ2n) is 7.31. The summed E-state index contributed by atoms with van der Waals surface area (Å²) in [6, 6.07) is 15.7. The molecule has 0 aliphatic carbocycles. The summed E-state index contributed by atoms with van der Waals surface area (Å²) in [5, 5.41) is 0. The summed E-state index contributed by atoms with van der Waals surface area (Å²) in [5.41, 5.74) is 1.74. The molecule has 1 fully saturated rings. The molecule has 0 spiro atoms. The zero-order chi connectivity index (χ0) is 18.6. The summed E-state index contributed by atoms with van der Waals surface area (Å²) in [6.07, 6.45) is 1.96. The Labute approximate surface area is 160 Å². The largest absolute Gasteiger partial charge is 0.493 e. The topological polar surface area (TPSA) is 42.0 Å². The molecule has 27 heavy (non-hydrogen) atoms. The number of rotatable bonds is 4. The van der Waals surface area contributed by atoms with Crippen LogP contribution in [0.1, 0.15) is 23.2 Å². The average molecular weight is 366 g/mol. The number of benzene rings is 2. The Morgan fingerprint density at radius 2 is 1.89 bits per heavy atom. The third kappa shape index (κ3) is 4.02. The summed E-state index contributed by atoms with van der Waals surface area (Å²) < 4.78 is 11.5. The molecule has 0 radical (unpaired) electrons. The number of amides is 1. The second-order valence-corrected chi connectivity index (χ2v) is 7.31. The highest BCUT2D eigenvalue weighted by Gasteiger charge is 2.25. The molecule has 0 saturated carbocycles. The van der Waals surface area contributed by atoms with Crippen molar-refractivity contribution in [3.05, 3.63) is 54.1 Å². The van der Waals surface area contributed by atoms with Crippen LogP contribution >= 0.6 is 0 Å². The minimum atomic E-state index is 0.110. The number of piperidine rings is 1. The Morgan fingerprint density at radius 1 is 1.11 bits per heavy atom. The maximum atomic E-state index is 12.9. The van der Waals surface area contributed by atoms with Gasteiger partial charge in [-0.3, -0.25) is 4.79 Å². The summed E-state index contributed by atoms with van der Waals surface area (Å²) in [4.78, 5) is 17.0. The number of likely N-dealkylation sites (tertiary alicyclic amines) is 1. The van der Waals surface area contributed by atoms with Crippen LogP contribution in [0.4, 0.5) is 5.69 Å². The Balaban J connectivity index is 1.33. The van der Waals surface area contributed by atoms with Crippen LogP contribution in [-0.4, -0.2) is 50.7 Å². The van der Waals surface area contributed by atoms with Gasteiger partial charge in [0.1, 0.15) is 18.1 Å². The lowest BCUT2D eigenvalue weighted by atomic mass is 9.97. The van der Waals surface area contributed by atoms with E-state index in [1.807, 2.05) is 60.5 Å². The van der Waals surface area contributed by atoms with Crippen molar-refractivity contribution in [1.82, 2.24) is 4.90 Å². The van der Waals surface area contributed by atoms with Crippen molar-refractivity contribution in [3.63, 3.8) is 0 Å². The number of anilines is 1. The molecule has 1 amide bonds. The zero-order valence-electron chi connectivity index (χ0n) is 15.8. The number of likely N-dealkylation sites (N-methyl/N-ethyl adjacent to an activating group) is 1. The monoisotopic (exact) mass is 366 g/mol. The van der Waals surface area contributed by atoms with Gasteiger partial charge in [0.25, 0.3) is 5.91 Å². The molecule has 2 aliphatic heterocycles. The number of carbonyl (C=O) groups is 1. The first kappa shape index (κ1) is 17.7. The van der Waals surface area contributed by atoms with Crippen molar-refractivity contribution >= 4 is 11.6 Å². The van der Waals surface area contributed by atoms with Crippen molar-refractivity contribution < 1.29 is 14.3 Å². The van der Waals surface area contributed by atoms with Crippen molar-refractivity contribution in [2.24, 2.45) is 5.92 Å². The molecule has 2 aromatic rings. The third-order valence-corrected chi connectivity index (χ3v) is 5.43. The first-order valence-corrected chi connectivity index (χ1v) is 9.66. The van der Waals surface area contributed by atoms with Gasteiger partial charge >= 0.3 is 0 Å². The molecule has 4 rings (SSSR count). The number of fused-ring (bicyclic) bond motifs is 1. The smallest absolute Gasteiger partial charge is 0.253 e. The van der Waals surface area contributed by atoms with Crippen molar-refractivity contribution in [2.75, 3.05) is 44.8 Å². The van der Waals surface area contributed by atoms with Gasteiger partial charge < -0.3 is 19.3 Å². The maximum Gasteiger partial charge on any atom is 0.253 e. The van der Waals surface area contributed by atoms with Gasteiger partial charge in [-0.2, -0.15) is 0 Å². The number of ether oxygens (including phenoxy) is 2. The fourth-order valence-corrected chi connectivity index (χ4v) is 3.70. The molecule has 2 aromatic carbocycles. The molecule has 0 aromatic heterocycles. The second kappa shape index (κ2) is 7.91. The molecule has 0 atom stereocenters. The molecule has 5 nitrogen and oxygen atoms in total. The molecule has 2 heterocycles. The van der Waals surface area contributed by atoms with Crippen LogP contribution in [0.15, 0.2) is 48.5 Å². The maximum absolute atomic E-state index is 12.9. The molecule has 2 aliphatic rings. The number of nitrogens with zero attached hydrogens (tertiary/aromatic N) is 2. The fraction of sp³-hybridized carbons (Fsp3) is 0.409. The van der Waals surface area contributed by atoms with E-state index in [4.69, 9.17) is 9.47 Å². The van der Waals surface area contributed by atoms with Crippen LogP contribution in [0.5, 0.6) is 11.5 Å². The Hall–Kier alpha value is -2.69. The molecular weight excluding hydrogens is 340 g/mol. The Morgan fingerprint density at radius 3 is 2.67 bits per heavy atom. The van der Waals surface area contributed by atoms with Gasteiger partial charge in [-0.1, -0.05) is 18.2 Å². The van der Waals surface area contributed by atoms with Crippen LogP contribution in [-0.2, 0) is 0 Å². The standard InChI is InChI=1S/C22H26N2O3/c1-23-13-14-26-21-8-7-18(15-20(21)23)22(25)24-11-9-17(10-12-24)16-27-19-5-3-2-4-6-19/h2-8,15,17H,9-14,16H2,1H3. The van der Waals surface area contributed by atoms with Gasteiger partial charge in [0.05, 0.1) is 18.8 Å². The SMILES string of the molecule is CN1CCOc2ccc(C(=O)N3CCC(COc4ccccc4)CC3)cc21. The van der Waals surface area contributed by atoms with E-state index < -0.39 is 0 Å². The quantitative estimate of drug-likeness (QED) is 0.831. The lowest BCUT2D eigenvalue weighted by Crippen LogP contribution is -2.39. The van der Waals surface area contributed by atoms with Crippen molar-refractivity contribution in [1.29, 1.82) is 0 Å². The van der Waals surface area contributed by atoms with E-state index in [9.17, 15) is 4.79 Å². The lowest BCUT2D eigenvalue weighted by molar-refractivity contribution is 0.0661. The van der Waals surface area contributed by atoms with Gasteiger partial charge in [-0.25, -0.2) is 0 Å². The van der Waals surface area contributed by atoms with Crippen LogP contribution in [0.3, 0.4) is 0 Å². The highest BCUT2D eigenvalue weighted by atomic mass is 16.5. The predicted octanol–water partition coefficient (Wildman–Crippen LogP) is 3.45. The van der Waals surface area contributed by atoms with Crippen LogP contribution < -0.4 is 14.4 Å². The highest BCUT2D eigenvalue weighted by molar-refractivity contribution is 5.95. The van der Waals surface area contributed by atoms with E-state index in [0.29, 0.717) is 19.1 Å². The molecule has 5 heteroatoms. The molecule has 0 bridgehead atoms. The summed E-state index contributed by atoms with van der Waals surface area (Å²) >= 11 is 0. The van der Waals surface area contributed by atoms with Gasteiger partial charge in [0, 0.05) is 25.7 Å². The molecule has 0 unspecified atom stereocenters. The highest BCUT2D eigenvalue weighted by Crippen LogP contribution is 2.32. The van der Waals surface area contributed by atoms with E-state index in [-0.39, 0.29) is 5.91 Å². The Kier molecular flexibility index (Phi) is 5.19.